The molecule has 1 rings (SSSR count). The molecule has 5 N–H and O–H groups in total. The van der Waals surface area contributed by atoms with Gasteiger partial charge in [0.15, 0.2) is 11.5 Å². The normalized spacial score (nSPS) is 11.8. The zero-order valence-electron chi connectivity index (χ0n) is 9.30. The largest absolute Gasteiger partial charge is 0.504 e. The quantitative estimate of drug-likeness (QED) is 0.473. The fourth-order valence-corrected chi connectivity index (χ4v) is 1.62. The highest BCUT2D eigenvalue weighted by atomic mass is 32.1. The molecule has 0 fully saturated rings. The lowest BCUT2D eigenvalue weighted by molar-refractivity contribution is 0.0938. The lowest BCUT2D eigenvalue weighted by Crippen LogP contribution is -2.35. The zero-order chi connectivity index (χ0) is 13.0. The van der Waals surface area contributed by atoms with Gasteiger partial charge in [0.2, 0.25) is 0 Å². The van der Waals surface area contributed by atoms with Crippen molar-refractivity contribution in [2.75, 3.05) is 0 Å². The van der Waals surface area contributed by atoms with Crippen molar-refractivity contribution < 1.29 is 15.0 Å². The number of hydrogen-bond donors (Lipinski definition) is 4. The molecule has 0 aliphatic carbocycles. The Morgan fingerprint density at radius 1 is 1.53 bits per heavy atom. The summed E-state index contributed by atoms with van der Waals surface area (Å²) in [6, 6.07) is 3.95. The smallest absolute Gasteiger partial charge is 0.255 e. The summed E-state index contributed by atoms with van der Waals surface area (Å²) in [6.07, 6.45) is 0.376. The maximum atomic E-state index is 11.7. The van der Waals surface area contributed by atoms with Crippen LogP contribution in [0.15, 0.2) is 18.2 Å². The van der Waals surface area contributed by atoms with Crippen LogP contribution in [0, 0.1) is 0 Å². The van der Waals surface area contributed by atoms with Gasteiger partial charge in [-0.15, -0.1) is 0 Å². The number of nitrogens with one attached hydrogen (secondary N) is 1. The van der Waals surface area contributed by atoms with Crippen molar-refractivity contribution in [3.63, 3.8) is 0 Å². The molecular weight excluding hydrogens is 240 g/mol. The molecule has 0 heterocycles. The van der Waals surface area contributed by atoms with Crippen molar-refractivity contribution in [3.05, 3.63) is 23.8 Å². The number of carbonyl (C=O) groups is 1. The van der Waals surface area contributed by atoms with E-state index in [0.29, 0.717) is 11.4 Å². The summed E-state index contributed by atoms with van der Waals surface area (Å²) in [6.45, 7) is 1.75. The average Bonchev–Trinajstić information content (AvgIpc) is 2.20. The summed E-state index contributed by atoms with van der Waals surface area (Å²) in [7, 11) is 0. The van der Waals surface area contributed by atoms with E-state index in [1.807, 2.05) is 0 Å². The van der Waals surface area contributed by atoms with Gasteiger partial charge < -0.3 is 21.3 Å². The standard InChI is InChI=1S/C11H14N2O3S/c1-6(5-9(12)17)13-11(16)7-3-2-4-8(14)10(7)15/h2-4,6,14-15H,5H2,1H3,(H2,12,17)(H,13,16). The SMILES string of the molecule is CC(CC(N)=S)NC(=O)c1cccc(O)c1O. The predicted molar refractivity (Wildman–Crippen MR) is 68.1 cm³/mol. The van der Waals surface area contributed by atoms with Crippen LogP contribution in [0.3, 0.4) is 0 Å². The van der Waals surface area contributed by atoms with Crippen molar-refractivity contribution >= 4 is 23.1 Å². The Kier molecular flexibility index (Phi) is 4.28. The monoisotopic (exact) mass is 254 g/mol. The second-order valence-corrected chi connectivity index (χ2v) is 4.24. The number of aromatic hydroxyl groups is 2. The Morgan fingerprint density at radius 2 is 2.18 bits per heavy atom. The summed E-state index contributed by atoms with van der Waals surface area (Å²) in [5.41, 5.74) is 5.37. The van der Waals surface area contributed by atoms with Crippen LogP contribution in [0.2, 0.25) is 0 Å². The van der Waals surface area contributed by atoms with Gasteiger partial charge in [0.05, 0.1) is 10.6 Å². The minimum Gasteiger partial charge on any atom is -0.504 e. The van der Waals surface area contributed by atoms with E-state index >= 15 is 0 Å². The molecule has 0 saturated heterocycles. The third kappa shape index (κ3) is 3.60. The first-order valence-electron chi connectivity index (χ1n) is 5.02. The third-order valence-corrected chi connectivity index (χ3v) is 2.31. The lowest BCUT2D eigenvalue weighted by Gasteiger charge is -2.13. The van der Waals surface area contributed by atoms with Crippen LogP contribution in [0.1, 0.15) is 23.7 Å². The van der Waals surface area contributed by atoms with Crippen molar-refractivity contribution in [3.8, 4) is 11.5 Å². The third-order valence-electron chi connectivity index (χ3n) is 2.14. The van der Waals surface area contributed by atoms with Gasteiger partial charge in [-0.3, -0.25) is 4.79 Å². The fourth-order valence-electron chi connectivity index (χ4n) is 1.37. The predicted octanol–water partition coefficient (Wildman–Crippen LogP) is 0.892. The highest BCUT2D eigenvalue weighted by Crippen LogP contribution is 2.27. The van der Waals surface area contributed by atoms with Crippen LogP contribution in [0.25, 0.3) is 0 Å². The Bertz CT molecular complexity index is 448. The van der Waals surface area contributed by atoms with Gasteiger partial charge in [0, 0.05) is 12.5 Å². The molecule has 17 heavy (non-hydrogen) atoms. The first kappa shape index (κ1) is 13.2. The molecule has 1 aromatic carbocycles. The van der Waals surface area contributed by atoms with Gasteiger partial charge >= 0.3 is 0 Å². The summed E-state index contributed by atoms with van der Waals surface area (Å²) < 4.78 is 0. The Morgan fingerprint density at radius 3 is 2.76 bits per heavy atom. The topological polar surface area (TPSA) is 95.6 Å². The van der Waals surface area contributed by atoms with Crippen LogP contribution >= 0.6 is 12.2 Å². The molecular formula is C11H14N2O3S. The number of phenols is 2. The second-order valence-electron chi connectivity index (χ2n) is 3.72. The van der Waals surface area contributed by atoms with Gasteiger partial charge in [-0.25, -0.2) is 0 Å². The molecule has 1 atom stereocenters. The summed E-state index contributed by atoms with van der Waals surface area (Å²) in [5.74, 6) is -1.26. The van der Waals surface area contributed by atoms with Crippen LogP contribution in [0.5, 0.6) is 11.5 Å². The minimum atomic E-state index is -0.484. The van der Waals surface area contributed by atoms with Crippen LogP contribution < -0.4 is 11.1 Å². The molecule has 1 amide bonds. The lowest BCUT2D eigenvalue weighted by atomic mass is 10.1. The molecule has 1 unspecified atom stereocenters. The zero-order valence-corrected chi connectivity index (χ0v) is 10.1. The highest BCUT2D eigenvalue weighted by molar-refractivity contribution is 7.80. The molecule has 1 aromatic rings. The van der Waals surface area contributed by atoms with E-state index in [0.717, 1.165) is 0 Å². The molecule has 0 saturated carbocycles. The number of amides is 1. The number of nitrogens with two attached hydrogens (primary N) is 1. The van der Waals surface area contributed by atoms with Gasteiger partial charge in [-0.05, 0) is 19.1 Å². The average molecular weight is 254 g/mol. The van der Waals surface area contributed by atoms with E-state index in [1.165, 1.54) is 18.2 Å². The first-order valence-corrected chi connectivity index (χ1v) is 5.42. The van der Waals surface area contributed by atoms with E-state index in [2.05, 4.69) is 5.32 Å². The number of thiocarbonyl (C=S) groups is 1. The van der Waals surface area contributed by atoms with E-state index in [1.54, 1.807) is 6.92 Å². The van der Waals surface area contributed by atoms with Crippen LogP contribution in [-0.2, 0) is 0 Å². The van der Waals surface area contributed by atoms with Crippen LogP contribution in [0.4, 0.5) is 0 Å². The molecule has 0 aromatic heterocycles. The molecule has 0 spiro atoms. The molecule has 6 heteroatoms. The minimum absolute atomic E-state index is 0.0137. The first-order chi connectivity index (χ1) is 7.91. The van der Waals surface area contributed by atoms with Crippen molar-refractivity contribution in [2.24, 2.45) is 5.73 Å². The Labute approximate surface area is 104 Å². The van der Waals surface area contributed by atoms with E-state index in [9.17, 15) is 15.0 Å². The maximum Gasteiger partial charge on any atom is 0.255 e. The van der Waals surface area contributed by atoms with Gasteiger partial charge in [0.1, 0.15) is 0 Å². The van der Waals surface area contributed by atoms with Gasteiger partial charge in [-0.1, -0.05) is 18.3 Å². The summed E-state index contributed by atoms with van der Waals surface area (Å²) >= 11 is 4.72. The van der Waals surface area contributed by atoms with E-state index < -0.39 is 11.7 Å². The summed E-state index contributed by atoms with van der Waals surface area (Å²) in [4.78, 5) is 12.0. The molecule has 0 aliphatic heterocycles. The highest BCUT2D eigenvalue weighted by Gasteiger charge is 2.15. The number of para-hydroxylation sites is 1. The second kappa shape index (κ2) is 5.49. The number of carbonyl (C=O) groups excluding carboxylic acids is 1. The maximum absolute atomic E-state index is 11.7. The summed E-state index contributed by atoms with van der Waals surface area (Å²) in [5, 5.41) is 21.4. The fraction of sp³-hybridized carbons (Fsp3) is 0.273. The molecule has 0 aliphatic rings. The van der Waals surface area contributed by atoms with E-state index in [4.69, 9.17) is 18.0 Å². The molecule has 5 nitrogen and oxygen atoms in total. The molecule has 0 radical (unpaired) electrons. The molecule has 0 bridgehead atoms. The number of hydrogen-bond acceptors (Lipinski definition) is 4. The Balaban J connectivity index is 2.77. The van der Waals surface area contributed by atoms with Gasteiger partial charge in [0.25, 0.3) is 5.91 Å². The number of phenolic OH excluding ortho intramolecular Hbond substituents is 2. The van der Waals surface area contributed by atoms with Gasteiger partial charge in [-0.2, -0.15) is 0 Å². The number of rotatable bonds is 4. The Hall–Kier alpha value is -1.82. The van der Waals surface area contributed by atoms with E-state index in [-0.39, 0.29) is 17.4 Å². The van der Waals surface area contributed by atoms with Crippen molar-refractivity contribution in [2.45, 2.75) is 19.4 Å². The van der Waals surface area contributed by atoms with Crippen molar-refractivity contribution in [1.29, 1.82) is 0 Å². The number of benzene rings is 1. The van der Waals surface area contributed by atoms with Crippen LogP contribution in [-0.4, -0.2) is 27.2 Å². The van der Waals surface area contributed by atoms with Crippen molar-refractivity contribution in [1.82, 2.24) is 5.32 Å². The molecule has 92 valence electrons.